The smallest absolute Gasteiger partial charge is 0.358 e. The molecular weight excluding hydrogens is 595 g/mol. The molecule has 0 radical (unpaired) electrons. The van der Waals surface area contributed by atoms with Crippen molar-refractivity contribution >= 4 is 56.7 Å². The van der Waals surface area contributed by atoms with Gasteiger partial charge in [-0.1, -0.05) is 29.3 Å². The number of anilines is 1. The number of halogens is 3. The molecule has 4 bridgehead atoms. The van der Waals surface area contributed by atoms with Crippen LogP contribution in [0.2, 0.25) is 10.0 Å². The van der Waals surface area contributed by atoms with Crippen LogP contribution in [0, 0.1) is 34.3 Å². The third kappa shape index (κ3) is 4.64. The molecule has 0 aliphatic heterocycles. The van der Waals surface area contributed by atoms with Crippen LogP contribution < -0.4 is 5.32 Å². The van der Waals surface area contributed by atoms with Crippen molar-refractivity contribution in [2.24, 2.45) is 17.3 Å². The van der Waals surface area contributed by atoms with Crippen LogP contribution in [0.25, 0.3) is 0 Å². The Kier molecular flexibility index (Phi) is 6.35. The maximum absolute atomic E-state index is 13.3. The summed E-state index contributed by atoms with van der Waals surface area (Å²) in [5.41, 5.74) is 1.38. The fourth-order valence-corrected chi connectivity index (χ4v) is 8.54. The Morgan fingerprint density at radius 1 is 1.21 bits per heavy atom. The summed E-state index contributed by atoms with van der Waals surface area (Å²) in [7, 11) is 0. The van der Waals surface area contributed by atoms with Gasteiger partial charge in [0.15, 0.2) is 5.82 Å². The molecule has 2 aromatic heterocycles. The summed E-state index contributed by atoms with van der Waals surface area (Å²) in [4.78, 5) is 24.3. The molecule has 0 saturated heterocycles. The van der Waals surface area contributed by atoms with Crippen molar-refractivity contribution in [2.45, 2.75) is 64.0 Å². The van der Waals surface area contributed by atoms with Gasteiger partial charge in [-0.15, -0.1) is 0 Å². The molecule has 1 aromatic carbocycles. The van der Waals surface area contributed by atoms with E-state index in [1.807, 2.05) is 28.4 Å². The first-order valence-corrected chi connectivity index (χ1v) is 14.3. The number of amides is 1. The van der Waals surface area contributed by atoms with E-state index in [9.17, 15) is 14.9 Å². The standard InChI is InChI=1S/C26H27BrCl2N6O3/c1-15-4-22(31-33(15)12-18-2-3-19(28)6-21(18)29)30-23(36)11-25-7-16-5-17(8-25)10-26(9-16,14-25)34-13-20(27)24(32-34)35(37)38/h2-4,6,13,16-17H,5,7-12,14H2,1H3,(H,30,31,36). The Morgan fingerprint density at radius 3 is 2.61 bits per heavy atom. The van der Waals surface area contributed by atoms with Gasteiger partial charge in [-0.3, -0.25) is 9.48 Å². The lowest BCUT2D eigenvalue weighted by molar-refractivity contribution is -0.390. The molecule has 12 heteroatoms. The number of hydrogen-bond acceptors (Lipinski definition) is 5. The van der Waals surface area contributed by atoms with E-state index in [0.717, 1.165) is 49.8 Å². The Labute approximate surface area is 238 Å². The average Bonchev–Trinajstić information content (AvgIpc) is 3.36. The minimum absolute atomic E-state index is 0.0519. The third-order valence-corrected chi connectivity index (χ3v) is 9.73. The summed E-state index contributed by atoms with van der Waals surface area (Å²) in [6.45, 7) is 2.41. The molecule has 9 nitrogen and oxygen atoms in total. The molecule has 7 rings (SSSR count). The van der Waals surface area contributed by atoms with Gasteiger partial charge in [0.1, 0.15) is 4.47 Å². The van der Waals surface area contributed by atoms with E-state index < -0.39 is 4.92 Å². The van der Waals surface area contributed by atoms with E-state index in [-0.39, 0.29) is 22.7 Å². The number of nitrogens with one attached hydrogen (secondary N) is 1. The van der Waals surface area contributed by atoms with Gasteiger partial charge in [0, 0.05) is 28.2 Å². The molecule has 1 N–H and O–H groups in total. The van der Waals surface area contributed by atoms with Gasteiger partial charge in [0.2, 0.25) is 5.91 Å². The summed E-state index contributed by atoms with van der Waals surface area (Å²) in [6, 6.07) is 7.24. The number of rotatable bonds is 7. The van der Waals surface area contributed by atoms with Crippen LogP contribution in [0.4, 0.5) is 11.6 Å². The lowest BCUT2D eigenvalue weighted by Gasteiger charge is -2.61. The first kappa shape index (κ1) is 25.8. The summed E-state index contributed by atoms with van der Waals surface area (Å²) >= 11 is 15.7. The highest BCUT2D eigenvalue weighted by Gasteiger charge is 2.60. The second-order valence-corrected chi connectivity index (χ2v) is 13.2. The molecule has 2 heterocycles. The SMILES string of the molecule is Cc1cc(NC(=O)CC23CC4CC(C2)CC(n2cc(Br)c([N+](=O)[O-])n2)(C4)C3)nn1Cc1ccc(Cl)cc1Cl. The molecule has 1 amide bonds. The van der Waals surface area contributed by atoms with Crippen molar-refractivity contribution in [3.05, 3.63) is 66.4 Å². The van der Waals surface area contributed by atoms with Crippen molar-refractivity contribution in [3.8, 4) is 0 Å². The van der Waals surface area contributed by atoms with Crippen LogP contribution in [0.3, 0.4) is 0 Å². The normalized spacial score (nSPS) is 27.6. The molecule has 4 fully saturated rings. The van der Waals surface area contributed by atoms with Crippen molar-refractivity contribution < 1.29 is 9.72 Å². The quantitative estimate of drug-likeness (QED) is 0.232. The Hall–Kier alpha value is -2.43. The molecular formula is C26H27BrCl2N6O3. The predicted molar refractivity (Wildman–Crippen MR) is 147 cm³/mol. The number of carbonyl (C=O) groups excluding carboxylic acids is 1. The van der Waals surface area contributed by atoms with Gasteiger partial charge in [0.25, 0.3) is 0 Å². The van der Waals surface area contributed by atoms with E-state index in [2.05, 4.69) is 31.4 Å². The first-order valence-electron chi connectivity index (χ1n) is 12.7. The minimum Gasteiger partial charge on any atom is -0.358 e. The summed E-state index contributed by atoms with van der Waals surface area (Å²) in [6.07, 6.45) is 8.03. The van der Waals surface area contributed by atoms with Gasteiger partial charge < -0.3 is 15.4 Å². The topological polar surface area (TPSA) is 108 Å². The number of carbonyl (C=O) groups is 1. The maximum Gasteiger partial charge on any atom is 0.404 e. The van der Waals surface area contributed by atoms with Crippen molar-refractivity contribution in [1.82, 2.24) is 19.6 Å². The molecule has 2 atom stereocenters. The zero-order chi connectivity index (χ0) is 26.8. The molecule has 38 heavy (non-hydrogen) atoms. The first-order chi connectivity index (χ1) is 18.0. The van der Waals surface area contributed by atoms with E-state index in [0.29, 0.717) is 45.1 Å². The maximum atomic E-state index is 13.3. The van der Waals surface area contributed by atoms with Crippen LogP contribution in [0.15, 0.2) is 34.9 Å². The highest BCUT2D eigenvalue weighted by atomic mass is 79.9. The number of aromatic nitrogens is 4. The number of nitro groups is 1. The summed E-state index contributed by atoms with van der Waals surface area (Å²) < 4.78 is 4.04. The summed E-state index contributed by atoms with van der Waals surface area (Å²) in [5, 5.41) is 24.6. The number of nitrogens with zero attached hydrogens (tertiary/aromatic N) is 5. The average molecular weight is 622 g/mol. The Morgan fingerprint density at radius 2 is 1.95 bits per heavy atom. The minimum atomic E-state index is -0.452. The zero-order valence-electron chi connectivity index (χ0n) is 20.8. The van der Waals surface area contributed by atoms with Crippen molar-refractivity contribution in [2.75, 3.05) is 5.32 Å². The van der Waals surface area contributed by atoms with Crippen LogP contribution in [0.1, 0.15) is 56.2 Å². The molecule has 4 aliphatic carbocycles. The van der Waals surface area contributed by atoms with Gasteiger partial charge in [-0.2, -0.15) is 9.78 Å². The number of aryl methyl sites for hydroxylation is 1. The van der Waals surface area contributed by atoms with Crippen molar-refractivity contribution in [3.63, 3.8) is 0 Å². The highest BCUT2D eigenvalue weighted by Crippen LogP contribution is 2.65. The molecule has 200 valence electrons. The molecule has 4 aliphatic rings. The highest BCUT2D eigenvalue weighted by molar-refractivity contribution is 9.10. The zero-order valence-corrected chi connectivity index (χ0v) is 23.9. The Balaban J connectivity index is 1.18. The summed E-state index contributed by atoms with van der Waals surface area (Å²) in [5.74, 6) is 1.30. The monoisotopic (exact) mass is 620 g/mol. The third-order valence-electron chi connectivity index (χ3n) is 8.58. The van der Waals surface area contributed by atoms with E-state index in [1.54, 1.807) is 18.3 Å². The van der Waals surface area contributed by atoms with E-state index in [1.165, 1.54) is 0 Å². The van der Waals surface area contributed by atoms with E-state index in [4.69, 9.17) is 23.2 Å². The second kappa shape index (κ2) is 9.34. The number of benzene rings is 1. The number of hydrogen-bond donors (Lipinski definition) is 1. The molecule has 2 unspecified atom stereocenters. The van der Waals surface area contributed by atoms with Crippen LogP contribution in [-0.4, -0.2) is 30.4 Å². The lowest BCUT2D eigenvalue weighted by atomic mass is 9.46. The fourth-order valence-electron chi connectivity index (χ4n) is 7.66. The molecule has 3 aromatic rings. The van der Waals surface area contributed by atoms with Gasteiger partial charge in [0.05, 0.1) is 23.4 Å². The molecule has 0 spiro atoms. The lowest BCUT2D eigenvalue weighted by Crippen LogP contribution is -2.57. The van der Waals surface area contributed by atoms with Crippen molar-refractivity contribution in [1.29, 1.82) is 0 Å². The molecule has 4 saturated carbocycles. The predicted octanol–water partition coefficient (Wildman–Crippen LogP) is 6.74. The largest absolute Gasteiger partial charge is 0.404 e. The van der Waals surface area contributed by atoms with Crippen LogP contribution in [0.5, 0.6) is 0 Å². The van der Waals surface area contributed by atoms with Gasteiger partial charge >= 0.3 is 5.82 Å². The Bertz CT molecular complexity index is 1440. The second-order valence-electron chi connectivity index (χ2n) is 11.5. The van der Waals surface area contributed by atoms with Crippen LogP contribution >= 0.6 is 39.1 Å². The van der Waals surface area contributed by atoms with Gasteiger partial charge in [-0.05, 0) is 101 Å². The van der Waals surface area contributed by atoms with Crippen LogP contribution in [-0.2, 0) is 16.9 Å². The van der Waals surface area contributed by atoms with E-state index >= 15 is 0 Å². The van der Waals surface area contributed by atoms with Gasteiger partial charge in [-0.25, -0.2) is 0 Å². The fraction of sp³-hybridized carbons (Fsp3) is 0.500.